The van der Waals surface area contributed by atoms with Crippen molar-refractivity contribution in [3.05, 3.63) is 0 Å². The first-order valence-electron chi connectivity index (χ1n) is 16.8. The molecule has 1 radical (unpaired) electrons. The van der Waals surface area contributed by atoms with E-state index >= 15 is 0 Å². The molecule has 0 heterocycles. The van der Waals surface area contributed by atoms with Crippen molar-refractivity contribution in [1.29, 1.82) is 0 Å². The van der Waals surface area contributed by atoms with Gasteiger partial charge in [-0.3, -0.25) is 0 Å². The van der Waals surface area contributed by atoms with Gasteiger partial charge < -0.3 is 29.7 Å². The maximum absolute atomic E-state index is 10.1. The Hall–Kier alpha value is -1.07. The molecule has 0 aromatic rings. The molecule has 0 spiro atoms. The summed E-state index contributed by atoms with van der Waals surface area (Å²) in [5.41, 5.74) is 1.31. The van der Waals surface area contributed by atoms with Crippen LogP contribution >= 0.6 is 0 Å². The standard InChI is InChI=1S/3C12H24O2.Fe/c3*1-12(2,3)10-8-6-4-5-7-9-11(13)14;/h3*4-10H2,1-3H3,(H,13,14);/q;;;+3/p-3. The number of unbranched alkanes of at least 4 members (excludes halogenated alkanes) is 12. The minimum absolute atomic E-state index is 0. The van der Waals surface area contributed by atoms with Gasteiger partial charge in [0.15, 0.2) is 0 Å². The number of carboxylic acids is 3. The van der Waals surface area contributed by atoms with Gasteiger partial charge in [0.1, 0.15) is 0 Å². The average Bonchev–Trinajstić information content (AvgIpc) is 2.80. The minimum Gasteiger partial charge on any atom is -0.550 e. The Morgan fingerprint density at radius 3 is 0.674 bits per heavy atom. The molecule has 0 atom stereocenters. The fraction of sp³-hybridized carbons (Fsp3) is 0.917. The molecule has 0 bridgehead atoms. The summed E-state index contributed by atoms with van der Waals surface area (Å²) in [5.74, 6) is -2.75. The number of rotatable bonds is 21. The molecule has 0 saturated carbocycles. The summed E-state index contributed by atoms with van der Waals surface area (Å²) in [6, 6.07) is 0. The molecule has 0 saturated heterocycles. The Labute approximate surface area is 277 Å². The average molecular weight is 654 g/mol. The molecule has 0 amide bonds. The molecule has 257 valence electrons. The van der Waals surface area contributed by atoms with Crippen molar-refractivity contribution in [2.24, 2.45) is 16.2 Å². The molecule has 7 heteroatoms. The second kappa shape index (κ2) is 29.6. The van der Waals surface area contributed by atoms with Crippen LogP contribution in [-0.4, -0.2) is 17.9 Å². The van der Waals surface area contributed by atoms with Crippen LogP contribution in [-0.2, 0) is 31.5 Å². The largest absolute Gasteiger partial charge is 3.00 e. The topological polar surface area (TPSA) is 120 Å². The predicted octanol–water partition coefficient (Wildman–Crippen LogP) is 7.54. The van der Waals surface area contributed by atoms with E-state index in [4.69, 9.17) is 0 Å². The first-order valence-corrected chi connectivity index (χ1v) is 16.8. The number of carbonyl (C=O) groups is 3. The van der Waals surface area contributed by atoms with Crippen LogP contribution in [0.25, 0.3) is 0 Å². The van der Waals surface area contributed by atoms with Crippen molar-refractivity contribution in [2.45, 2.75) is 197 Å². The fourth-order valence-electron chi connectivity index (χ4n) is 4.36. The van der Waals surface area contributed by atoms with Gasteiger partial charge in [0, 0.05) is 17.9 Å². The van der Waals surface area contributed by atoms with E-state index in [0.29, 0.717) is 16.2 Å². The van der Waals surface area contributed by atoms with E-state index < -0.39 is 17.9 Å². The predicted molar refractivity (Wildman–Crippen MR) is 170 cm³/mol. The zero-order valence-electron chi connectivity index (χ0n) is 29.7. The second-order valence-electron chi connectivity index (χ2n) is 15.6. The van der Waals surface area contributed by atoms with Crippen molar-refractivity contribution in [2.75, 3.05) is 0 Å². The van der Waals surface area contributed by atoms with E-state index in [2.05, 4.69) is 62.3 Å². The van der Waals surface area contributed by atoms with Crippen LogP contribution in [0, 0.1) is 16.2 Å². The Morgan fingerprint density at radius 1 is 0.349 bits per heavy atom. The molecule has 0 aliphatic rings. The smallest absolute Gasteiger partial charge is 0.550 e. The molecule has 0 unspecified atom stereocenters. The first kappa shape index (κ1) is 48.8. The van der Waals surface area contributed by atoms with Crippen LogP contribution in [0.3, 0.4) is 0 Å². The van der Waals surface area contributed by atoms with E-state index in [-0.39, 0.29) is 36.3 Å². The molecule has 0 fully saturated rings. The quantitative estimate of drug-likeness (QED) is 0.0933. The number of carboxylic acid groups (broad SMARTS) is 3. The molecule has 0 N–H and O–H groups in total. The van der Waals surface area contributed by atoms with Gasteiger partial charge in [0.25, 0.3) is 0 Å². The van der Waals surface area contributed by atoms with E-state index in [9.17, 15) is 29.7 Å². The Morgan fingerprint density at radius 2 is 0.512 bits per heavy atom. The van der Waals surface area contributed by atoms with Gasteiger partial charge >= 0.3 is 17.1 Å². The van der Waals surface area contributed by atoms with Crippen LogP contribution in [0.1, 0.15) is 197 Å². The van der Waals surface area contributed by atoms with Gasteiger partial charge in [-0.15, -0.1) is 0 Å². The summed E-state index contributed by atoms with van der Waals surface area (Å²) >= 11 is 0. The summed E-state index contributed by atoms with van der Waals surface area (Å²) < 4.78 is 0. The van der Waals surface area contributed by atoms with E-state index in [1.54, 1.807) is 0 Å². The molecule has 0 rings (SSSR count). The number of aliphatic carboxylic acids is 3. The Bertz CT molecular complexity index is 566. The van der Waals surface area contributed by atoms with Crippen LogP contribution in [0.5, 0.6) is 0 Å². The van der Waals surface area contributed by atoms with Crippen LogP contribution in [0.2, 0.25) is 0 Å². The summed E-state index contributed by atoms with van der Waals surface area (Å²) in [5, 5.41) is 30.3. The minimum atomic E-state index is -0.917. The zero-order chi connectivity index (χ0) is 33.1. The van der Waals surface area contributed by atoms with Crippen molar-refractivity contribution in [3.8, 4) is 0 Å². The maximum atomic E-state index is 10.1. The van der Waals surface area contributed by atoms with Gasteiger partial charge in [-0.05, 0) is 74.0 Å². The third-order valence-electron chi connectivity index (χ3n) is 6.92. The van der Waals surface area contributed by atoms with Gasteiger partial charge in [0.2, 0.25) is 0 Å². The number of hydrogen-bond acceptors (Lipinski definition) is 6. The normalized spacial score (nSPS) is 11.4. The molecule has 6 nitrogen and oxygen atoms in total. The number of hydrogen-bond donors (Lipinski definition) is 0. The zero-order valence-corrected chi connectivity index (χ0v) is 30.8. The van der Waals surface area contributed by atoms with Gasteiger partial charge in [-0.25, -0.2) is 0 Å². The van der Waals surface area contributed by atoms with E-state index in [0.717, 1.165) is 57.8 Å². The van der Waals surface area contributed by atoms with Gasteiger partial charge in [0.05, 0.1) is 0 Å². The van der Waals surface area contributed by atoms with Crippen LogP contribution in [0.15, 0.2) is 0 Å². The number of carbonyl (C=O) groups excluding carboxylic acids is 3. The van der Waals surface area contributed by atoms with Crippen molar-refractivity contribution in [1.82, 2.24) is 0 Å². The maximum Gasteiger partial charge on any atom is 3.00 e. The Balaban J connectivity index is -0.000000262. The second-order valence-corrected chi connectivity index (χ2v) is 15.6. The fourth-order valence-corrected chi connectivity index (χ4v) is 4.36. The SMILES string of the molecule is CC(C)(C)CCCCCCCC(=O)[O-].CC(C)(C)CCCCCCCC(=O)[O-].CC(C)(C)CCCCCCCC(=O)[O-].[Fe+3]. The summed E-state index contributed by atoms with van der Waals surface area (Å²) in [6.07, 6.45) is 20.8. The summed E-state index contributed by atoms with van der Waals surface area (Å²) in [7, 11) is 0. The van der Waals surface area contributed by atoms with Gasteiger partial charge in [-0.2, -0.15) is 0 Å². The summed E-state index contributed by atoms with van der Waals surface area (Å²) in [6.45, 7) is 20.3. The van der Waals surface area contributed by atoms with Gasteiger partial charge in [-0.1, -0.05) is 139 Å². The molecular weight excluding hydrogens is 584 g/mol. The van der Waals surface area contributed by atoms with E-state index in [1.165, 1.54) is 57.8 Å². The molecule has 43 heavy (non-hydrogen) atoms. The molecular formula is C36H69FeO6. The third kappa shape index (κ3) is 60.8. The monoisotopic (exact) mass is 653 g/mol. The van der Waals surface area contributed by atoms with Crippen LogP contribution in [0.4, 0.5) is 0 Å². The summed E-state index contributed by atoms with van der Waals surface area (Å²) in [4.78, 5) is 30.3. The van der Waals surface area contributed by atoms with E-state index in [1.807, 2.05) is 0 Å². The molecule has 0 aliphatic carbocycles. The molecule has 0 aromatic carbocycles. The molecule has 0 aromatic heterocycles. The van der Waals surface area contributed by atoms with Crippen molar-refractivity contribution < 1.29 is 46.8 Å². The Kier molecular flexibility index (Phi) is 33.6. The third-order valence-corrected chi connectivity index (χ3v) is 6.92. The van der Waals surface area contributed by atoms with Crippen molar-refractivity contribution >= 4 is 17.9 Å². The van der Waals surface area contributed by atoms with Crippen LogP contribution < -0.4 is 15.3 Å². The molecule has 0 aliphatic heterocycles. The van der Waals surface area contributed by atoms with Crippen molar-refractivity contribution in [3.63, 3.8) is 0 Å². The first-order chi connectivity index (χ1) is 19.2.